The van der Waals surface area contributed by atoms with Gasteiger partial charge in [-0.2, -0.15) is 5.10 Å². The monoisotopic (exact) mass is 313 g/mol. The molecule has 0 spiro atoms. The van der Waals surface area contributed by atoms with Crippen molar-refractivity contribution in [2.24, 2.45) is 0 Å². The van der Waals surface area contributed by atoms with Gasteiger partial charge in [0.05, 0.1) is 16.2 Å². The van der Waals surface area contributed by atoms with E-state index in [1.54, 1.807) is 4.68 Å². The molecule has 2 N–H and O–H groups in total. The summed E-state index contributed by atoms with van der Waals surface area (Å²) in [7, 11) is 0. The SMILES string of the molecule is Cc1nn(C(C)c2cccc(Cl)c2)c(N)c1Br. The van der Waals surface area contributed by atoms with E-state index in [0.29, 0.717) is 5.82 Å². The van der Waals surface area contributed by atoms with Crippen molar-refractivity contribution in [1.29, 1.82) is 0 Å². The van der Waals surface area contributed by atoms with E-state index in [2.05, 4.69) is 21.0 Å². The van der Waals surface area contributed by atoms with Crippen LogP contribution in [-0.4, -0.2) is 9.78 Å². The van der Waals surface area contributed by atoms with Gasteiger partial charge in [0.1, 0.15) is 5.82 Å². The van der Waals surface area contributed by atoms with Gasteiger partial charge in [0.15, 0.2) is 0 Å². The van der Waals surface area contributed by atoms with Gasteiger partial charge >= 0.3 is 0 Å². The predicted octanol–water partition coefficient (Wildman–Crippen LogP) is 3.80. The van der Waals surface area contributed by atoms with E-state index in [9.17, 15) is 0 Å². The summed E-state index contributed by atoms with van der Waals surface area (Å²) in [5, 5.41) is 5.14. The molecular weight excluding hydrogens is 302 g/mol. The average molecular weight is 315 g/mol. The number of aryl methyl sites for hydroxylation is 1. The van der Waals surface area contributed by atoms with Crippen molar-refractivity contribution in [3.05, 3.63) is 45.0 Å². The Morgan fingerprint density at radius 3 is 2.71 bits per heavy atom. The van der Waals surface area contributed by atoms with Crippen LogP contribution in [0.5, 0.6) is 0 Å². The average Bonchev–Trinajstić information content (AvgIpc) is 2.56. The minimum atomic E-state index is 0.0544. The highest BCUT2D eigenvalue weighted by atomic mass is 79.9. The maximum absolute atomic E-state index is 6.00. The highest BCUT2D eigenvalue weighted by molar-refractivity contribution is 9.10. The van der Waals surface area contributed by atoms with Gasteiger partial charge in [0.25, 0.3) is 0 Å². The smallest absolute Gasteiger partial charge is 0.137 e. The molecule has 90 valence electrons. The zero-order valence-electron chi connectivity index (χ0n) is 9.61. The Labute approximate surface area is 114 Å². The maximum atomic E-state index is 6.00. The van der Waals surface area contributed by atoms with Crippen LogP contribution in [0.2, 0.25) is 5.02 Å². The molecule has 0 saturated carbocycles. The van der Waals surface area contributed by atoms with Gasteiger partial charge in [0, 0.05) is 5.02 Å². The van der Waals surface area contributed by atoms with Crippen molar-refractivity contribution >= 4 is 33.3 Å². The molecule has 0 aliphatic carbocycles. The summed E-state index contributed by atoms with van der Waals surface area (Å²) in [5.74, 6) is 0.634. The first-order chi connectivity index (χ1) is 8.00. The molecule has 0 radical (unpaired) electrons. The predicted molar refractivity (Wildman–Crippen MR) is 74.3 cm³/mol. The van der Waals surface area contributed by atoms with Crippen molar-refractivity contribution in [2.75, 3.05) is 5.73 Å². The van der Waals surface area contributed by atoms with Gasteiger partial charge in [-0.15, -0.1) is 0 Å². The third-order valence-corrected chi connectivity index (χ3v) is 3.96. The molecule has 17 heavy (non-hydrogen) atoms. The van der Waals surface area contributed by atoms with Crippen molar-refractivity contribution in [2.45, 2.75) is 19.9 Å². The van der Waals surface area contributed by atoms with Gasteiger partial charge in [-0.1, -0.05) is 23.7 Å². The first-order valence-electron chi connectivity index (χ1n) is 5.26. The van der Waals surface area contributed by atoms with Gasteiger partial charge in [-0.05, 0) is 47.5 Å². The van der Waals surface area contributed by atoms with E-state index in [-0.39, 0.29) is 6.04 Å². The van der Waals surface area contributed by atoms with Crippen LogP contribution in [-0.2, 0) is 0 Å². The van der Waals surface area contributed by atoms with Gasteiger partial charge in [-0.25, -0.2) is 4.68 Å². The fourth-order valence-corrected chi connectivity index (χ4v) is 2.21. The van der Waals surface area contributed by atoms with Crippen LogP contribution in [0, 0.1) is 6.92 Å². The zero-order chi connectivity index (χ0) is 12.6. The lowest BCUT2D eigenvalue weighted by atomic mass is 10.1. The van der Waals surface area contributed by atoms with E-state index in [0.717, 1.165) is 20.8 Å². The molecule has 1 heterocycles. The Kier molecular flexibility index (Phi) is 3.45. The molecule has 0 fully saturated rings. The van der Waals surface area contributed by atoms with E-state index in [4.69, 9.17) is 17.3 Å². The summed E-state index contributed by atoms with van der Waals surface area (Å²) in [6, 6.07) is 7.78. The first kappa shape index (κ1) is 12.5. The molecule has 1 aromatic carbocycles. The molecule has 1 unspecified atom stereocenters. The highest BCUT2D eigenvalue weighted by Gasteiger charge is 2.16. The van der Waals surface area contributed by atoms with E-state index >= 15 is 0 Å². The Morgan fingerprint density at radius 2 is 2.18 bits per heavy atom. The second-order valence-corrected chi connectivity index (χ2v) is 5.19. The number of aromatic nitrogens is 2. The summed E-state index contributed by atoms with van der Waals surface area (Å²) in [4.78, 5) is 0. The fourth-order valence-electron chi connectivity index (χ4n) is 1.75. The Hall–Kier alpha value is -1.00. The molecule has 2 aromatic rings. The second-order valence-electron chi connectivity index (χ2n) is 3.96. The molecule has 1 aromatic heterocycles. The third-order valence-electron chi connectivity index (χ3n) is 2.75. The molecule has 0 bridgehead atoms. The molecule has 1 atom stereocenters. The third kappa shape index (κ3) is 2.33. The summed E-state index contributed by atoms with van der Waals surface area (Å²) >= 11 is 9.40. The standard InChI is InChI=1S/C12H13BrClN3/c1-7-11(13)12(15)17(16-7)8(2)9-4-3-5-10(14)6-9/h3-6,8H,15H2,1-2H3. The number of rotatable bonds is 2. The summed E-state index contributed by atoms with van der Waals surface area (Å²) < 4.78 is 2.65. The van der Waals surface area contributed by atoms with Crippen LogP contribution in [0.15, 0.2) is 28.7 Å². The van der Waals surface area contributed by atoms with E-state index in [1.165, 1.54) is 0 Å². The van der Waals surface area contributed by atoms with Crippen LogP contribution in [0.4, 0.5) is 5.82 Å². The number of hydrogen-bond donors (Lipinski definition) is 1. The van der Waals surface area contributed by atoms with E-state index in [1.807, 2.05) is 38.1 Å². The lowest BCUT2D eigenvalue weighted by Crippen LogP contribution is -2.11. The summed E-state index contributed by atoms with van der Waals surface area (Å²) in [5.41, 5.74) is 7.97. The lowest BCUT2D eigenvalue weighted by molar-refractivity contribution is 0.569. The van der Waals surface area contributed by atoms with Crippen molar-refractivity contribution in [3.8, 4) is 0 Å². The normalized spacial score (nSPS) is 12.7. The number of nitrogens with zero attached hydrogens (tertiary/aromatic N) is 2. The molecule has 0 amide bonds. The molecule has 0 aliphatic heterocycles. The van der Waals surface area contributed by atoms with Crippen LogP contribution < -0.4 is 5.73 Å². The number of nitrogen functional groups attached to an aromatic ring is 1. The Balaban J connectivity index is 2.43. The molecule has 2 rings (SSSR count). The zero-order valence-corrected chi connectivity index (χ0v) is 12.0. The molecular formula is C12H13BrClN3. The van der Waals surface area contributed by atoms with E-state index < -0.39 is 0 Å². The molecule has 0 aliphatic rings. The van der Waals surface area contributed by atoms with Crippen molar-refractivity contribution in [1.82, 2.24) is 9.78 Å². The highest BCUT2D eigenvalue weighted by Crippen LogP contribution is 2.29. The Bertz CT molecular complexity index is 551. The quantitative estimate of drug-likeness (QED) is 0.916. The van der Waals surface area contributed by atoms with Gasteiger partial charge in [0.2, 0.25) is 0 Å². The van der Waals surface area contributed by atoms with Crippen LogP contribution in [0.3, 0.4) is 0 Å². The van der Waals surface area contributed by atoms with Crippen LogP contribution >= 0.6 is 27.5 Å². The summed E-state index contributed by atoms with van der Waals surface area (Å²) in [6.45, 7) is 3.96. The van der Waals surface area contributed by atoms with Gasteiger partial charge in [-0.3, -0.25) is 0 Å². The number of benzene rings is 1. The number of nitrogens with two attached hydrogens (primary N) is 1. The largest absolute Gasteiger partial charge is 0.383 e. The van der Waals surface area contributed by atoms with Crippen LogP contribution in [0.1, 0.15) is 24.2 Å². The molecule has 3 nitrogen and oxygen atoms in total. The molecule has 0 saturated heterocycles. The lowest BCUT2D eigenvalue weighted by Gasteiger charge is -2.14. The number of halogens is 2. The fraction of sp³-hybridized carbons (Fsp3) is 0.250. The number of anilines is 1. The topological polar surface area (TPSA) is 43.8 Å². The van der Waals surface area contributed by atoms with Crippen LogP contribution in [0.25, 0.3) is 0 Å². The van der Waals surface area contributed by atoms with Gasteiger partial charge < -0.3 is 5.73 Å². The number of hydrogen-bond acceptors (Lipinski definition) is 2. The Morgan fingerprint density at radius 1 is 1.47 bits per heavy atom. The van der Waals surface area contributed by atoms with Crippen molar-refractivity contribution in [3.63, 3.8) is 0 Å². The maximum Gasteiger partial charge on any atom is 0.137 e. The second kappa shape index (κ2) is 4.70. The molecule has 5 heteroatoms. The minimum Gasteiger partial charge on any atom is -0.383 e. The minimum absolute atomic E-state index is 0.0544. The van der Waals surface area contributed by atoms with Crippen molar-refractivity contribution < 1.29 is 0 Å². The summed E-state index contributed by atoms with van der Waals surface area (Å²) in [6.07, 6.45) is 0. The first-order valence-corrected chi connectivity index (χ1v) is 6.43.